The van der Waals surface area contributed by atoms with Crippen LogP contribution in [-0.2, 0) is 0 Å². The number of amides is 2. The van der Waals surface area contributed by atoms with Gasteiger partial charge in [0.1, 0.15) is 6.17 Å². The Kier molecular flexibility index (Phi) is 4.77. The first-order valence-electron chi connectivity index (χ1n) is 5.20. The predicted molar refractivity (Wildman–Crippen MR) is 56.4 cm³/mol. The molecule has 0 aromatic heterocycles. The minimum Gasteiger partial charge on any atom is -0.341 e. The molecule has 1 saturated heterocycles. The Morgan fingerprint density at radius 2 is 2.47 bits per heavy atom. The summed E-state index contributed by atoms with van der Waals surface area (Å²) in [5, 5.41) is 5.30. The third kappa shape index (κ3) is 4.01. The zero-order valence-electron chi connectivity index (χ0n) is 9.00. The van der Waals surface area contributed by atoms with E-state index < -0.39 is 6.17 Å². The zero-order valence-corrected chi connectivity index (χ0v) is 9.00. The number of carbonyl (C=O) groups is 1. The highest BCUT2D eigenvalue weighted by atomic mass is 19.1. The van der Waals surface area contributed by atoms with E-state index in [4.69, 9.17) is 5.73 Å². The Morgan fingerprint density at radius 3 is 3.07 bits per heavy atom. The second-order valence-corrected chi connectivity index (χ2v) is 3.80. The Balaban J connectivity index is 2.23. The van der Waals surface area contributed by atoms with Crippen molar-refractivity contribution >= 4 is 6.03 Å². The van der Waals surface area contributed by atoms with E-state index in [1.165, 1.54) is 0 Å². The van der Waals surface area contributed by atoms with Gasteiger partial charge in [0.2, 0.25) is 0 Å². The Hall–Kier alpha value is -0.880. The highest BCUT2D eigenvalue weighted by Crippen LogP contribution is 2.10. The topological polar surface area (TPSA) is 70.4 Å². The molecule has 0 saturated carbocycles. The minimum absolute atomic E-state index is 0.0596. The summed E-state index contributed by atoms with van der Waals surface area (Å²) in [4.78, 5) is 13.0. The van der Waals surface area contributed by atoms with E-state index in [1.54, 1.807) is 7.05 Å². The van der Waals surface area contributed by atoms with Crippen molar-refractivity contribution in [2.45, 2.75) is 18.6 Å². The number of nitrogens with two attached hydrogens (primary N) is 1. The van der Waals surface area contributed by atoms with Gasteiger partial charge in [-0.1, -0.05) is 0 Å². The molecule has 0 aliphatic carbocycles. The number of hydrogen-bond donors (Lipinski definition) is 3. The monoisotopic (exact) mass is 218 g/mol. The van der Waals surface area contributed by atoms with Crippen LogP contribution in [0.2, 0.25) is 0 Å². The predicted octanol–water partition coefficient (Wildman–Crippen LogP) is -0.713. The Morgan fingerprint density at radius 1 is 1.73 bits per heavy atom. The average Bonchev–Trinajstić information content (AvgIpc) is 2.65. The molecule has 0 spiro atoms. The first-order valence-corrected chi connectivity index (χ1v) is 5.20. The summed E-state index contributed by atoms with van der Waals surface area (Å²) >= 11 is 0. The van der Waals surface area contributed by atoms with Crippen LogP contribution >= 0.6 is 0 Å². The third-order valence-electron chi connectivity index (χ3n) is 2.55. The fourth-order valence-electron chi connectivity index (χ4n) is 1.73. The standard InChI is InChI=1S/C9H19FN4O/c1-12-9(15)13-8-2-3-14(6-8)5-7(10)4-11/h7-8H,2-6,11H2,1H3,(H2,12,13,15)/t7-,8+/m1/s1. The Labute approximate surface area is 89.2 Å². The van der Waals surface area contributed by atoms with Crippen LogP contribution in [0.1, 0.15) is 6.42 Å². The maximum Gasteiger partial charge on any atom is 0.314 e. The molecule has 2 atom stereocenters. The molecule has 1 fully saturated rings. The van der Waals surface area contributed by atoms with Crippen LogP contribution in [0.5, 0.6) is 0 Å². The molecule has 5 nitrogen and oxygen atoms in total. The number of urea groups is 1. The zero-order chi connectivity index (χ0) is 11.3. The summed E-state index contributed by atoms with van der Waals surface area (Å²) < 4.78 is 13.0. The molecule has 1 heterocycles. The molecular formula is C9H19FN4O. The van der Waals surface area contributed by atoms with Crippen LogP contribution in [0.15, 0.2) is 0 Å². The van der Waals surface area contributed by atoms with Crippen LogP contribution in [0.3, 0.4) is 0 Å². The highest BCUT2D eigenvalue weighted by molar-refractivity contribution is 5.73. The molecule has 2 amide bonds. The fraction of sp³-hybridized carbons (Fsp3) is 0.889. The lowest BCUT2D eigenvalue weighted by Gasteiger charge is -2.18. The quantitative estimate of drug-likeness (QED) is 0.583. The van der Waals surface area contributed by atoms with Crippen molar-refractivity contribution in [1.29, 1.82) is 0 Å². The van der Waals surface area contributed by atoms with Crippen molar-refractivity contribution in [3.05, 3.63) is 0 Å². The summed E-state index contributed by atoms with van der Waals surface area (Å²) in [6.07, 6.45) is -0.103. The van der Waals surface area contributed by atoms with Crippen molar-refractivity contribution in [3.8, 4) is 0 Å². The van der Waals surface area contributed by atoms with Gasteiger partial charge in [0.05, 0.1) is 0 Å². The number of nitrogens with one attached hydrogen (secondary N) is 2. The van der Waals surface area contributed by atoms with E-state index in [2.05, 4.69) is 10.6 Å². The lowest BCUT2D eigenvalue weighted by atomic mass is 10.3. The van der Waals surface area contributed by atoms with Crippen molar-refractivity contribution in [2.24, 2.45) is 5.73 Å². The first-order chi connectivity index (χ1) is 7.15. The van der Waals surface area contributed by atoms with Gasteiger partial charge in [-0.25, -0.2) is 9.18 Å². The summed E-state index contributed by atoms with van der Waals surface area (Å²) in [5.41, 5.74) is 5.21. The molecular weight excluding hydrogens is 199 g/mol. The van der Waals surface area contributed by atoms with E-state index in [9.17, 15) is 9.18 Å². The SMILES string of the molecule is CNC(=O)N[C@H]1CCN(C[C@H](F)CN)C1. The molecule has 4 N–H and O–H groups in total. The molecule has 88 valence electrons. The molecule has 0 bridgehead atoms. The largest absolute Gasteiger partial charge is 0.341 e. The van der Waals surface area contributed by atoms with E-state index >= 15 is 0 Å². The van der Waals surface area contributed by atoms with Gasteiger partial charge in [0.15, 0.2) is 0 Å². The van der Waals surface area contributed by atoms with Crippen molar-refractivity contribution in [3.63, 3.8) is 0 Å². The summed E-state index contributed by atoms with van der Waals surface area (Å²) in [6.45, 7) is 1.94. The second-order valence-electron chi connectivity index (χ2n) is 3.80. The van der Waals surface area contributed by atoms with Crippen molar-refractivity contribution < 1.29 is 9.18 Å². The minimum atomic E-state index is -0.969. The maximum atomic E-state index is 13.0. The van der Waals surface area contributed by atoms with Crippen LogP contribution in [-0.4, -0.2) is 56.4 Å². The van der Waals surface area contributed by atoms with Gasteiger partial charge in [-0.2, -0.15) is 0 Å². The fourth-order valence-corrected chi connectivity index (χ4v) is 1.73. The molecule has 0 aromatic rings. The molecule has 0 unspecified atom stereocenters. The lowest BCUT2D eigenvalue weighted by molar-refractivity contribution is 0.219. The smallest absolute Gasteiger partial charge is 0.314 e. The number of rotatable bonds is 4. The third-order valence-corrected chi connectivity index (χ3v) is 2.55. The van der Waals surface area contributed by atoms with Gasteiger partial charge >= 0.3 is 6.03 Å². The van der Waals surface area contributed by atoms with E-state index in [0.29, 0.717) is 13.1 Å². The average molecular weight is 218 g/mol. The van der Waals surface area contributed by atoms with Gasteiger partial charge in [-0.3, -0.25) is 4.90 Å². The molecule has 15 heavy (non-hydrogen) atoms. The van der Waals surface area contributed by atoms with Gasteiger partial charge in [0, 0.05) is 39.3 Å². The molecule has 0 radical (unpaired) electrons. The van der Waals surface area contributed by atoms with Crippen LogP contribution in [0.4, 0.5) is 9.18 Å². The number of alkyl halides is 1. The molecule has 1 aliphatic heterocycles. The van der Waals surface area contributed by atoms with Crippen LogP contribution in [0.25, 0.3) is 0 Å². The lowest BCUT2D eigenvalue weighted by Crippen LogP contribution is -2.42. The van der Waals surface area contributed by atoms with Gasteiger partial charge in [-0.05, 0) is 6.42 Å². The first kappa shape index (κ1) is 12.2. The molecule has 6 heteroatoms. The Bertz CT molecular complexity index is 214. The molecule has 1 rings (SSSR count). The normalized spacial score (nSPS) is 23.8. The summed E-state index contributed by atoms with van der Waals surface area (Å²) in [6, 6.07) is -0.0626. The summed E-state index contributed by atoms with van der Waals surface area (Å²) in [5.74, 6) is 0. The van der Waals surface area contributed by atoms with Gasteiger partial charge < -0.3 is 16.4 Å². The number of carbonyl (C=O) groups excluding carboxylic acids is 1. The van der Waals surface area contributed by atoms with E-state index in [1.807, 2.05) is 4.90 Å². The number of halogens is 1. The molecule has 0 aromatic carbocycles. The number of likely N-dealkylation sites (tertiary alicyclic amines) is 1. The van der Waals surface area contributed by atoms with E-state index in [-0.39, 0.29) is 18.6 Å². The summed E-state index contributed by atoms with van der Waals surface area (Å²) in [7, 11) is 1.58. The maximum absolute atomic E-state index is 13.0. The van der Waals surface area contributed by atoms with Crippen LogP contribution < -0.4 is 16.4 Å². The number of hydrogen-bond acceptors (Lipinski definition) is 3. The highest BCUT2D eigenvalue weighted by Gasteiger charge is 2.24. The van der Waals surface area contributed by atoms with Crippen molar-refractivity contribution in [2.75, 3.05) is 33.2 Å². The van der Waals surface area contributed by atoms with Crippen molar-refractivity contribution in [1.82, 2.24) is 15.5 Å². The van der Waals surface area contributed by atoms with Crippen LogP contribution in [0, 0.1) is 0 Å². The van der Waals surface area contributed by atoms with E-state index in [0.717, 1.165) is 13.0 Å². The van der Waals surface area contributed by atoms with Gasteiger partial charge in [0.25, 0.3) is 0 Å². The second kappa shape index (κ2) is 5.87. The number of nitrogens with zero attached hydrogens (tertiary/aromatic N) is 1. The van der Waals surface area contributed by atoms with Gasteiger partial charge in [-0.15, -0.1) is 0 Å². The molecule has 1 aliphatic rings.